The van der Waals surface area contributed by atoms with E-state index in [1.54, 1.807) is 0 Å². The number of nitrogens with one attached hydrogen (secondary N) is 1. The van der Waals surface area contributed by atoms with Gasteiger partial charge in [-0.3, -0.25) is 0 Å². The second kappa shape index (κ2) is 3.17. The molecule has 13 heavy (non-hydrogen) atoms. The lowest BCUT2D eigenvalue weighted by Gasteiger charge is -2.43. The van der Waals surface area contributed by atoms with Crippen LogP contribution in [0.3, 0.4) is 0 Å². The van der Waals surface area contributed by atoms with E-state index in [4.69, 9.17) is 4.74 Å². The van der Waals surface area contributed by atoms with Gasteiger partial charge in [0.15, 0.2) is 0 Å². The molecule has 0 amide bonds. The molecule has 2 aliphatic rings. The Bertz CT molecular complexity index is 178. The van der Waals surface area contributed by atoms with Gasteiger partial charge in [-0.15, -0.1) is 0 Å². The molecule has 0 aliphatic carbocycles. The Kier molecular flexibility index (Phi) is 2.28. The highest BCUT2D eigenvalue weighted by atomic mass is 19.3. The summed E-state index contributed by atoms with van der Waals surface area (Å²) < 4.78 is 30.9. The fourth-order valence-electron chi connectivity index (χ4n) is 2.10. The van der Waals surface area contributed by atoms with Crippen molar-refractivity contribution in [1.29, 1.82) is 0 Å². The van der Waals surface area contributed by atoms with E-state index in [1.807, 2.05) is 0 Å². The normalized spacial score (nSPS) is 31.8. The summed E-state index contributed by atoms with van der Waals surface area (Å²) in [5.74, 6) is -2.50. The van der Waals surface area contributed by atoms with Crippen LogP contribution in [0.25, 0.3) is 0 Å². The zero-order chi connectivity index (χ0) is 9.36. The highest BCUT2D eigenvalue weighted by Gasteiger charge is 2.43. The Balaban J connectivity index is 1.95. The van der Waals surface area contributed by atoms with E-state index < -0.39 is 5.92 Å². The Morgan fingerprint density at radius 1 is 1.00 bits per heavy atom. The summed E-state index contributed by atoms with van der Waals surface area (Å²) >= 11 is 0. The molecule has 2 nitrogen and oxygen atoms in total. The highest BCUT2D eigenvalue weighted by Crippen LogP contribution is 2.35. The van der Waals surface area contributed by atoms with Crippen LogP contribution in [-0.2, 0) is 4.74 Å². The van der Waals surface area contributed by atoms with Crippen LogP contribution in [0.15, 0.2) is 0 Å². The molecular formula is C9H15F2NO. The third kappa shape index (κ3) is 1.99. The van der Waals surface area contributed by atoms with Crippen molar-refractivity contribution in [1.82, 2.24) is 5.32 Å². The van der Waals surface area contributed by atoms with E-state index >= 15 is 0 Å². The molecule has 2 rings (SSSR count). The summed E-state index contributed by atoms with van der Waals surface area (Å²) in [5.41, 5.74) is -0.0417. The summed E-state index contributed by atoms with van der Waals surface area (Å²) in [5, 5.41) is 2.99. The van der Waals surface area contributed by atoms with Gasteiger partial charge in [0.2, 0.25) is 0 Å². The standard InChI is InChI=1S/C9H15F2NO/c10-9(11)2-1-8(12-7-9)3-5-13-6-4-8/h12H,1-7H2. The van der Waals surface area contributed by atoms with Crippen LogP contribution in [0.5, 0.6) is 0 Å². The zero-order valence-electron chi connectivity index (χ0n) is 7.61. The quantitative estimate of drug-likeness (QED) is 0.627. The first-order chi connectivity index (χ1) is 6.12. The van der Waals surface area contributed by atoms with Crippen LogP contribution in [0.2, 0.25) is 0 Å². The topological polar surface area (TPSA) is 21.3 Å². The number of hydrogen-bond donors (Lipinski definition) is 1. The minimum Gasteiger partial charge on any atom is -0.381 e. The van der Waals surface area contributed by atoms with Crippen molar-refractivity contribution in [2.45, 2.75) is 37.1 Å². The molecule has 1 spiro atoms. The van der Waals surface area contributed by atoms with E-state index in [9.17, 15) is 8.78 Å². The fourth-order valence-corrected chi connectivity index (χ4v) is 2.10. The molecule has 0 bridgehead atoms. The second-order valence-corrected chi connectivity index (χ2v) is 4.10. The van der Waals surface area contributed by atoms with Crippen LogP contribution >= 0.6 is 0 Å². The maximum Gasteiger partial charge on any atom is 0.260 e. The minimum absolute atomic E-state index is 0.0278. The number of rotatable bonds is 0. The van der Waals surface area contributed by atoms with Crippen molar-refractivity contribution in [2.75, 3.05) is 19.8 Å². The lowest BCUT2D eigenvalue weighted by molar-refractivity contribution is -0.0678. The average Bonchev–Trinajstić information content (AvgIpc) is 2.13. The summed E-state index contributed by atoms with van der Waals surface area (Å²) in [6.45, 7) is 1.25. The van der Waals surface area contributed by atoms with Gasteiger partial charge < -0.3 is 10.1 Å². The summed E-state index contributed by atoms with van der Waals surface area (Å²) in [7, 11) is 0. The molecule has 0 atom stereocenters. The second-order valence-electron chi connectivity index (χ2n) is 4.10. The third-order valence-corrected chi connectivity index (χ3v) is 3.14. The lowest BCUT2D eigenvalue weighted by atomic mass is 9.81. The van der Waals surface area contributed by atoms with Crippen LogP contribution in [0.4, 0.5) is 8.78 Å². The number of halogens is 2. The molecule has 2 aliphatic heterocycles. The Morgan fingerprint density at radius 3 is 2.23 bits per heavy atom. The molecule has 0 radical (unpaired) electrons. The maximum atomic E-state index is 12.8. The van der Waals surface area contributed by atoms with Crippen molar-refractivity contribution < 1.29 is 13.5 Å². The van der Waals surface area contributed by atoms with Crippen LogP contribution in [-0.4, -0.2) is 31.2 Å². The van der Waals surface area contributed by atoms with Gasteiger partial charge >= 0.3 is 0 Å². The largest absolute Gasteiger partial charge is 0.381 e. The lowest BCUT2D eigenvalue weighted by Crippen LogP contribution is -2.57. The zero-order valence-corrected chi connectivity index (χ0v) is 7.61. The van der Waals surface area contributed by atoms with Crippen LogP contribution in [0, 0.1) is 0 Å². The van der Waals surface area contributed by atoms with E-state index in [0.717, 1.165) is 12.8 Å². The predicted molar refractivity (Wildman–Crippen MR) is 45.0 cm³/mol. The van der Waals surface area contributed by atoms with Crippen molar-refractivity contribution in [3.8, 4) is 0 Å². The van der Waals surface area contributed by atoms with Gasteiger partial charge in [0.25, 0.3) is 5.92 Å². The molecule has 1 N–H and O–H groups in total. The first-order valence-electron chi connectivity index (χ1n) is 4.83. The first-order valence-corrected chi connectivity index (χ1v) is 4.83. The SMILES string of the molecule is FC1(F)CCC2(CCOCC2)NC1. The van der Waals surface area contributed by atoms with Crippen LogP contribution < -0.4 is 5.32 Å². The average molecular weight is 191 g/mol. The molecule has 0 aromatic rings. The van der Waals surface area contributed by atoms with Gasteiger partial charge in [0.05, 0.1) is 6.54 Å². The smallest absolute Gasteiger partial charge is 0.260 e. The summed E-state index contributed by atoms with van der Waals surface area (Å²) in [6.07, 6.45) is 2.37. The van der Waals surface area contributed by atoms with Gasteiger partial charge in [-0.1, -0.05) is 0 Å². The predicted octanol–water partition coefficient (Wildman–Crippen LogP) is 1.55. The van der Waals surface area contributed by atoms with Gasteiger partial charge in [-0.2, -0.15) is 0 Å². The number of ether oxygens (including phenoxy) is 1. The Morgan fingerprint density at radius 2 is 1.69 bits per heavy atom. The highest BCUT2D eigenvalue weighted by molar-refractivity contribution is 4.96. The Labute approximate surface area is 76.6 Å². The monoisotopic (exact) mass is 191 g/mol. The van der Waals surface area contributed by atoms with Gasteiger partial charge in [0, 0.05) is 25.2 Å². The van der Waals surface area contributed by atoms with E-state index in [0.29, 0.717) is 19.6 Å². The molecule has 0 aromatic heterocycles. The van der Waals surface area contributed by atoms with Crippen molar-refractivity contribution in [3.63, 3.8) is 0 Å². The first kappa shape index (κ1) is 9.34. The molecule has 0 saturated carbocycles. The minimum atomic E-state index is -2.50. The van der Waals surface area contributed by atoms with E-state index in [1.165, 1.54) is 0 Å². The Hall–Kier alpha value is -0.220. The maximum absolute atomic E-state index is 12.8. The van der Waals surface area contributed by atoms with E-state index in [2.05, 4.69) is 5.32 Å². The van der Waals surface area contributed by atoms with Crippen molar-refractivity contribution in [2.24, 2.45) is 0 Å². The number of alkyl halides is 2. The van der Waals surface area contributed by atoms with Crippen molar-refractivity contribution >= 4 is 0 Å². The van der Waals surface area contributed by atoms with E-state index in [-0.39, 0.29) is 18.5 Å². The molecule has 2 fully saturated rings. The van der Waals surface area contributed by atoms with Crippen molar-refractivity contribution in [3.05, 3.63) is 0 Å². The van der Waals surface area contributed by atoms with Gasteiger partial charge in [-0.25, -0.2) is 8.78 Å². The molecule has 76 valence electrons. The molecule has 0 aromatic carbocycles. The molecule has 2 heterocycles. The summed E-state index contributed by atoms with van der Waals surface area (Å²) in [4.78, 5) is 0. The third-order valence-electron chi connectivity index (χ3n) is 3.14. The molecule has 4 heteroatoms. The molecular weight excluding hydrogens is 176 g/mol. The number of piperidine rings is 1. The van der Waals surface area contributed by atoms with Gasteiger partial charge in [-0.05, 0) is 19.3 Å². The molecule has 0 unspecified atom stereocenters. The summed E-state index contributed by atoms with van der Waals surface area (Å²) in [6, 6.07) is 0. The van der Waals surface area contributed by atoms with Crippen LogP contribution in [0.1, 0.15) is 25.7 Å². The fraction of sp³-hybridized carbons (Fsp3) is 1.00. The number of hydrogen-bond acceptors (Lipinski definition) is 2. The van der Waals surface area contributed by atoms with Gasteiger partial charge in [0.1, 0.15) is 0 Å². The molecule has 2 saturated heterocycles.